The van der Waals surface area contributed by atoms with Crippen LogP contribution in [0.3, 0.4) is 0 Å². The molecular weight excluding hydrogens is 252 g/mol. The number of carbonyl (C=O) groups is 1. The highest BCUT2D eigenvalue weighted by molar-refractivity contribution is 5.78. The van der Waals surface area contributed by atoms with Crippen LogP contribution in [0.4, 0.5) is 0 Å². The Morgan fingerprint density at radius 3 is 2.20 bits per heavy atom. The van der Waals surface area contributed by atoms with Crippen molar-refractivity contribution in [1.82, 2.24) is 9.80 Å². The topological polar surface area (TPSA) is 43.8 Å². The Kier molecular flexibility index (Phi) is 6.80. The van der Waals surface area contributed by atoms with Gasteiger partial charge < -0.3 is 10.0 Å². The van der Waals surface area contributed by atoms with Gasteiger partial charge in [0.1, 0.15) is 0 Å². The van der Waals surface area contributed by atoms with Gasteiger partial charge in [0.2, 0.25) is 5.91 Å². The van der Waals surface area contributed by atoms with Crippen molar-refractivity contribution < 1.29 is 9.90 Å². The smallest absolute Gasteiger partial charge is 0.236 e. The van der Waals surface area contributed by atoms with Crippen LogP contribution < -0.4 is 0 Å². The lowest BCUT2D eigenvalue weighted by molar-refractivity contribution is -0.133. The fraction of sp³-hybridized carbons (Fsp3) is 0.938. The predicted octanol–water partition coefficient (Wildman–Crippen LogP) is 2.02. The number of rotatable bonds is 5. The third-order valence-corrected chi connectivity index (χ3v) is 4.78. The Labute approximate surface area is 123 Å². The Balaban J connectivity index is 1.85. The Morgan fingerprint density at radius 2 is 1.60 bits per heavy atom. The minimum Gasteiger partial charge on any atom is -0.395 e. The number of hydrogen-bond acceptors (Lipinski definition) is 3. The fourth-order valence-corrected chi connectivity index (χ4v) is 3.56. The number of hydrogen-bond donors (Lipinski definition) is 1. The lowest BCUT2D eigenvalue weighted by atomic mass is 10.1. The average molecular weight is 282 g/mol. The molecule has 0 aromatic heterocycles. The van der Waals surface area contributed by atoms with E-state index in [2.05, 4.69) is 9.80 Å². The van der Waals surface area contributed by atoms with Crippen molar-refractivity contribution in [2.75, 3.05) is 32.8 Å². The number of likely N-dealkylation sites (tertiary alicyclic amines) is 1. The third-order valence-electron chi connectivity index (χ3n) is 4.78. The van der Waals surface area contributed by atoms with Crippen LogP contribution in [0.2, 0.25) is 0 Å². The van der Waals surface area contributed by atoms with E-state index in [1.807, 2.05) is 0 Å². The Morgan fingerprint density at radius 1 is 1.00 bits per heavy atom. The van der Waals surface area contributed by atoms with Gasteiger partial charge in [0.05, 0.1) is 13.2 Å². The SMILES string of the molecule is O=C(CN(CCO)C1CCCC1)N1CCCCCCC1. The second-order valence-electron chi connectivity index (χ2n) is 6.28. The molecule has 0 radical (unpaired) electrons. The van der Waals surface area contributed by atoms with Gasteiger partial charge >= 0.3 is 0 Å². The normalized spacial score (nSPS) is 22.0. The third kappa shape index (κ3) is 4.74. The molecule has 4 nitrogen and oxygen atoms in total. The molecule has 0 aromatic carbocycles. The molecule has 1 heterocycles. The van der Waals surface area contributed by atoms with Gasteiger partial charge in [0, 0.05) is 25.7 Å². The quantitative estimate of drug-likeness (QED) is 0.839. The van der Waals surface area contributed by atoms with Crippen LogP contribution in [0.15, 0.2) is 0 Å². The molecule has 1 saturated carbocycles. The average Bonchev–Trinajstić information content (AvgIpc) is 2.91. The van der Waals surface area contributed by atoms with Crippen LogP contribution in [-0.2, 0) is 4.79 Å². The van der Waals surface area contributed by atoms with Gasteiger partial charge in [-0.05, 0) is 25.7 Å². The molecule has 1 amide bonds. The van der Waals surface area contributed by atoms with Gasteiger partial charge in [-0.25, -0.2) is 0 Å². The van der Waals surface area contributed by atoms with Gasteiger partial charge in [0.15, 0.2) is 0 Å². The fourth-order valence-electron chi connectivity index (χ4n) is 3.56. The highest BCUT2D eigenvalue weighted by Crippen LogP contribution is 2.23. The molecule has 2 fully saturated rings. The second kappa shape index (κ2) is 8.63. The number of aliphatic hydroxyl groups excluding tert-OH is 1. The van der Waals surface area contributed by atoms with Crippen LogP contribution >= 0.6 is 0 Å². The summed E-state index contributed by atoms with van der Waals surface area (Å²) in [7, 11) is 0. The maximum atomic E-state index is 12.5. The van der Waals surface area contributed by atoms with E-state index in [9.17, 15) is 9.90 Å². The standard InChI is InChI=1S/C16H30N2O2/c19-13-12-18(15-8-4-5-9-15)14-16(20)17-10-6-2-1-3-7-11-17/h15,19H,1-14H2. The molecule has 4 heteroatoms. The van der Waals surface area contributed by atoms with Crippen molar-refractivity contribution in [3.63, 3.8) is 0 Å². The zero-order valence-electron chi connectivity index (χ0n) is 12.7. The molecular formula is C16H30N2O2. The number of amides is 1. The van der Waals surface area contributed by atoms with Gasteiger partial charge in [-0.3, -0.25) is 9.69 Å². The second-order valence-corrected chi connectivity index (χ2v) is 6.28. The van der Waals surface area contributed by atoms with E-state index in [4.69, 9.17) is 0 Å². The van der Waals surface area contributed by atoms with E-state index in [1.54, 1.807) is 0 Å². The predicted molar refractivity (Wildman–Crippen MR) is 80.6 cm³/mol. The minimum absolute atomic E-state index is 0.157. The molecule has 0 atom stereocenters. The van der Waals surface area contributed by atoms with Gasteiger partial charge in [-0.15, -0.1) is 0 Å². The first-order valence-corrected chi connectivity index (χ1v) is 8.44. The van der Waals surface area contributed by atoms with E-state index in [-0.39, 0.29) is 12.5 Å². The van der Waals surface area contributed by atoms with E-state index >= 15 is 0 Å². The van der Waals surface area contributed by atoms with Crippen molar-refractivity contribution in [2.24, 2.45) is 0 Å². The van der Waals surface area contributed by atoms with E-state index in [0.717, 1.165) is 25.9 Å². The lowest BCUT2D eigenvalue weighted by Gasteiger charge is -2.31. The summed E-state index contributed by atoms with van der Waals surface area (Å²) < 4.78 is 0. The molecule has 1 aliphatic carbocycles. The molecule has 2 aliphatic rings. The highest BCUT2D eigenvalue weighted by Gasteiger charge is 2.25. The molecule has 1 saturated heterocycles. The first kappa shape index (κ1) is 15.8. The van der Waals surface area contributed by atoms with Crippen molar-refractivity contribution in [3.8, 4) is 0 Å². The number of carbonyl (C=O) groups excluding carboxylic acids is 1. The summed E-state index contributed by atoms with van der Waals surface area (Å²) in [6, 6.07) is 0.515. The number of nitrogens with zero attached hydrogens (tertiary/aromatic N) is 2. The summed E-state index contributed by atoms with van der Waals surface area (Å²) in [6.07, 6.45) is 11.0. The van der Waals surface area contributed by atoms with Crippen LogP contribution in [-0.4, -0.2) is 59.6 Å². The van der Waals surface area contributed by atoms with Crippen molar-refractivity contribution >= 4 is 5.91 Å². The van der Waals surface area contributed by atoms with Gasteiger partial charge in [0.25, 0.3) is 0 Å². The molecule has 1 N–H and O–H groups in total. The van der Waals surface area contributed by atoms with E-state index < -0.39 is 0 Å². The van der Waals surface area contributed by atoms with Crippen LogP contribution in [0.25, 0.3) is 0 Å². The first-order chi connectivity index (χ1) is 9.81. The summed E-state index contributed by atoms with van der Waals surface area (Å²) in [5, 5.41) is 9.24. The molecule has 2 rings (SSSR count). The molecule has 0 unspecified atom stereocenters. The van der Waals surface area contributed by atoms with E-state index in [0.29, 0.717) is 19.1 Å². The zero-order valence-corrected chi connectivity index (χ0v) is 12.7. The van der Waals surface area contributed by atoms with Gasteiger partial charge in [-0.1, -0.05) is 32.1 Å². The molecule has 0 bridgehead atoms. The van der Waals surface area contributed by atoms with Crippen molar-refractivity contribution in [1.29, 1.82) is 0 Å². The lowest BCUT2D eigenvalue weighted by Crippen LogP contribution is -2.45. The summed E-state index contributed by atoms with van der Waals surface area (Å²) >= 11 is 0. The summed E-state index contributed by atoms with van der Waals surface area (Å²) in [4.78, 5) is 16.8. The molecule has 116 valence electrons. The zero-order chi connectivity index (χ0) is 14.2. The Bertz CT molecular complexity index is 282. The van der Waals surface area contributed by atoms with Crippen LogP contribution in [0, 0.1) is 0 Å². The van der Waals surface area contributed by atoms with Crippen LogP contribution in [0.5, 0.6) is 0 Å². The molecule has 0 spiro atoms. The first-order valence-electron chi connectivity index (χ1n) is 8.44. The molecule has 1 aliphatic heterocycles. The minimum atomic E-state index is 0.157. The molecule has 0 aromatic rings. The van der Waals surface area contributed by atoms with E-state index in [1.165, 1.54) is 44.9 Å². The summed E-state index contributed by atoms with van der Waals surface area (Å²) in [5.74, 6) is 0.271. The summed E-state index contributed by atoms with van der Waals surface area (Å²) in [5.41, 5.74) is 0. The summed E-state index contributed by atoms with van der Waals surface area (Å²) in [6.45, 7) is 3.16. The van der Waals surface area contributed by atoms with Crippen LogP contribution in [0.1, 0.15) is 57.8 Å². The Hall–Kier alpha value is -0.610. The largest absolute Gasteiger partial charge is 0.395 e. The highest BCUT2D eigenvalue weighted by atomic mass is 16.3. The molecule has 20 heavy (non-hydrogen) atoms. The monoisotopic (exact) mass is 282 g/mol. The van der Waals surface area contributed by atoms with Crippen molar-refractivity contribution in [2.45, 2.75) is 63.8 Å². The number of aliphatic hydroxyl groups is 1. The van der Waals surface area contributed by atoms with Crippen molar-refractivity contribution in [3.05, 3.63) is 0 Å². The maximum Gasteiger partial charge on any atom is 0.236 e. The maximum absolute atomic E-state index is 12.5. The van der Waals surface area contributed by atoms with Gasteiger partial charge in [-0.2, -0.15) is 0 Å².